The van der Waals surface area contributed by atoms with Crippen molar-refractivity contribution in [2.45, 2.75) is 32.6 Å². The first kappa shape index (κ1) is 12.1. The molecular formula is C15H16ClNS. The first-order valence-electron chi connectivity index (χ1n) is 6.33. The lowest BCUT2D eigenvalue weighted by molar-refractivity contribution is 0.698. The average molecular weight is 278 g/mol. The zero-order chi connectivity index (χ0) is 12.7. The molecule has 0 bridgehead atoms. The van der Waals surface area contributed by atoms with Crippen LogP contribution in [-0.2, 0) is 12.8 Å². The molecule has 0 atom stereocenters. The van der Waals surface area contributed by atoms with E-state index >= 15 is 0 Å². The van der Waals surface area contributed by atoms with Crippen LogP contribution in [0.3, 0.4) is 0 Å². The van der Waals surface area contributed by atoms with Gasteiger partial charge in [-0.2, -0.15) is 0 Å². The second-order valence-corrected chi connectivity index (χ2v) is 6.48. The Balaban J connectivity index is 2.22. The fourth-order valence-electron chi connectivity index (χ4n) is 2.75. The maximum absolute atomic E-state index is 6.25. The van der Waals surface area contributed by atoms with Gasteiger partial charge >= 0.3 is 0 Å². The van der Waals surface area contributed by atoms with E-state index in [4.69, 9.17) is 17.3 Å². The summed E-state index contributed by atoms with van der Waals surface area (Å²) in [7, 11) is 0. The minimum Gasteiger partial charge on any atom is -0.390 e. The van der Waals surface area contributed by atoms with Gasteiger partial charge in [-0.15, -0.1) is 11.3 Å². The number of rotatable bonds is 1. The van der Waals surface area contributed by atoms with Gasteiger partial charge in [-0.3, -0.25) is 0 Å². The third kappa shape index (κ3) is 1.94. The number of halogens is 1. The summed E-state index contributed by atoms with van der Waals surface area (Å²) in [6, 6.07) is 6.06. The molecule has 0 saturated carbocycles. The van der Waals surface area contributed by atoms with Gasteiger partial charge < -0.3 is 5.73 Å². The largest absolute Gasteiger partial charge is 0.390 e. The number of thiophene rings is 1. The van der Waals surface area contributed by atoms with E-state index in [1.807, 2.05) is 12.1 Å². The van der Waals surface area contributed by atoms with Gasteiger partial charge in [0.25, 0.3) is 0 Å². The lowest BCUT2D eigenvalue weighted by atomic mass is 9.91. The monoisotopic (exact) mass is 277 g/mol. The van der Waals surface area contributed by atoms with Crippen molar-refractivity contribution in [3.8, 4) is 11.1 Å². The maximum Gasteiger partial charge on any atom is 0.0941 e. The zero-order valence-corrected chi connectivity index (χ0v) is 12.0. The number of fused-ring (bicyclic) bond motifs is 1. The highest BCUT2D eigenvalue weighted by Crippen LogP contribution is 2.43. The highest BCUT2D eigenvalue weighted by molar-refractivity contribution is 7.16. The van der Waals surface area contributed by atoms with E-state index in [2.05, 4.69) is 13.0 Å². The van der Waals surface area contributed by atoms with E-state index in [1.54, 1.807) is 11.3 Å². The predicted molar refractivity (Wildman–Crippen MR) is 80.6 cm³/mol. The fraction of sp³-hybridized carbons (Fsp3) is 0.333. The molecule has 3 heteroatoms. The molecule has 2 aromatic rings. The van der Waals surface area contributed by atoms with Crippen molar-refractivity contribution >= 4 is 27.9 Å². The minimum atomic E-state index is 0.783. The maximum atomic E-state index is 6.25. The summed E-state index contributed by atoms with van der Waals surface area (Å²) in [6.07, 6.45) is 4.91. The third-order valence-corrected chi connectivity index (χ3v) is 5.02. The van der Waals surface area contributed by atoms with Crippen molar-refractivity contribution < 1.29 is 0 Å². The Morgan fingerprint density at radius 2 is 2.00 bits per heavy atom. The van der Waals surface area contributed by atoms with Gasteiger partial charge in [-0.1, -0.05) is 17.7 Å². The molecule has 0 aliphatic heterocycles. The fourth-order valence-corrected chi connectivity index (χ4v) is 4.09. The van der Waals surface area contributed by atoms with Crippen LogP contribution in [0.5, 0.6) is 0 Å². The van der Waals surface area contributed by atoms with Gasteiger partial charge in [0, 0.05) is 15.5 Å². The molecule has 1 aromatic carbocycles. The van der Waals surface area contributed by atoms with Gasteiger partial charge in [-0.25, -0.2) is 0 Å². The van der Waals surface area contributed by atoms with E-state index in [0.717, 1.165) is 16.4 Å². The number of benzene rings is 1. The van der Waals surface area contributed by atoms with Crippen LogP contribution in [0.4, 0.5) is 5.00 Å². The molecule has 0 fully saturated rings. The van der Waals surface area contributed by atoms with Crippen LogP contribution in [0.1, 0.15) is 28.8 Å². The number of hydrogen-bond donors (Lipinski definition) is 1. The van der Waals surface area contributed by atoms with Gasteiger partial charge in [0.05, 0.1) is 5.00 Å². The number of aryl methyl sites for hydroxylation is 2. The zero-order valence-electron chi connectivity index (χ0n) is 10.4. The Labute approximate surface area is 117 Å². The Kier molecular flexibility index (Phi) is 3.08. The molecule has 2 N–H and O–H groups in total. The molecule has 1 nitrogen and oxygen atoms in total. The third-order valence-electron chi connectivity index (χ3n) is 3.67. The molecule has 3 rings (SSSR count). The Morgan fingerprint density at radius 1 is 1.22 bits per heavy atom. The first-order chi connectivity index (χ1) is 8.66. The minimum absolute atomic E-state index is 0.783. The van der Waals surface area contributed by atoms with Gasteiger partial charge in [0.15, 0.2) is 0 Å². The summed E-state index contributed by atoms with van der Waals surface area (Å²) in [5.41, 5.74) is 11.4. The molecule has 94 valence electrons. The van der Waals surface area contributed by atoms with Crippen LogP contribution in [0.15, 0.2) is 18.2 Å². The summed E-state index contributed by atoms with van der Waals surface area (Å²) in [5, 5.41) is 1.73. The first-order valence-corrected chi connectivity index (χ1v) is 7.53. The lowest BCUT2D eigenvalue weighted by Crippen LogP contribution is -2.00. The van der Waals surface area contributed by atoms with Gasteiger partial charge in [0.1, 0.15) is 0 Å². The highest BCUT2D eigenvalue weighted by Gasteiger charge is 2.21. The Hall–Kier alpha value is -0.990. The molecular weight excluding hydrogens is 262 g/mol. The second kappa shape index (κ2) is 4.60. The average Bonchev–Trinajstić information content (AvgIpc) is 2.68. The van der Waals surface area contributed by atoms with Crippen LogP contribution >= 0.6 is 22.9 Å². The van der Waals surface area contributed by atoms with Crippen molar-refractivity contribution in [3.05, 3.63) is 39.2 Å². The van der Waals surface area contributed by atoms with Crippen molar-refractivity contribution in [3.63, 3.8) is 0 Å². The molecule has 0 amide bonds. The van der Waals surface area contributed by atoms with E-state index in [9.17, 15) is 0 Å². The predicted octanol–water partition coefficient (Wildman–Crippen LogP) is 4.84. The molecule has 0 radical (unpaired) electrons. The van der Waals surface area contributed by atoms with Crippen molar-refractivity contribution in [2.75, 3.05) is 5.73 Å². The number of hydrogen-bond acceptors (Lipinski definition) is 2. The van der Waals surface area contributed by atoms with E-state index in [1.165, 1.54) is 46.4 Å². The molecule has 1 aromatic heterocycles. The number of nitrogen functional groups attached to an aromatic ring is 1. The highest BCUT2D eigenvalue weighted by atomic mass is 35.5. The smallest absolute Gasteiger partial charge is 0.0941 e. The van der Waals surface area contributed by atoms with E-state index in [-0.39, 0.29) is 0 Å². The van der Waals surface area contributed by atoms with Crippen LogP contribution in [0.2, 0.25) is 5.02 Å². The summed E-state index contributed by atoms with van der Waals surface area (Å²) < 4.78 is 0. The van der Waals surface area contributed by atoms with Crippen LogP contribution in [-0.4, -0.2) is 0 Å². The van der Waals surface area contributed by atoms with Crippen molar-refractivity contribution in [1.29, 1.82) is 0 Å². The summed E-state index contributed by atoms with van der Waals surface area (Å²) >= 11 is 7.89. The quantitative estimate of drug-likeness (QED) is 0.793. The molecule has 1 heterocycles. The number of anilines is 1. The molecule has 1 aliphatic carbocycles. The topological polar surface area (TPSA) is 26.0 Å². The molecule has 0 spiro atoms. The molecule has 0 saturated heterocycles. The molecule has 1 aliphatic rings. The summed E-state index contributed by atoms with van der Waals surface area (Å²) in [4.78, 5) is 1.48. The second-order valence-electron chi connectivity index (χ2n) is 4.91. The standard InChI is InChI=1S/C15H16ClNS/c1-9-6-7-10(16)8-12(9)14-11-4-2-3-5-13(11)18-15(14)17/h6-8H,2-5,17H2,1H3. The Bertz CT molecular complexity index is 601. The Morgan fingerprint density at radius 3 is 2.83 bits per heavy atom. The van der Waals surface area contributed by atoms with Crippen molar-refractivity contribution in [1.82, 2.24) is 0 Å². The van der Waals surface area contributed by atoms with E-state index in [0.29, 0.717) is 0 Å². The summed E-state index contributed by atoms with van der Waals surface area (Å²) in [6.45, 7) is 2.12. The van der Waals surface area contributed by atoms with Crippen molar-refractivity contribution in [2.24, 2.45) is 0 Å². The van der Waals surface area contributed by atoms with Crippen LogP contribution < -0.4 is 5.73 Å². The van der Waals surface area contributed by atoms with Gasteiger partial charge in [-0.05, 0) is 61.4 Å². The molecule has 18 heavy (non-hydrogen) atoms. The van der Waals surface area contributed by atoms with Crippen LogP contribution in [0, 0.1) is 6.92 Å². The van der Waals surface area contributed by atoms with Crippen LogP contribution in [0.25, 0.3) is 11.1 Å². The molecule has 0 unspecified atom stereocenters. The summed E-state index contributed by atoms with van der Waals surface area (Å²) in [5.74, 6) is 0. The normalized spacial score (nSPS) is 14.6. The SMILES string of the molecule is Cc1ccc(Cl)cc1-c1c(N)sc2c1CCCC2. The lowest BCUT2D eigenvalue weighted by Gasteiger charge is -2.14. The van der Waals surface area contributed by atoms with E-state index < -0.39 is 0 Å². The van der Waals surface area contributed by atoms with Gasteiger partial charge in [0.2, 0.25) is 0 Å². The number of nitrogens with two attached hydrogens (primary N) is 1.